The Kier molecular flexibility index (Phi) is 8.11. The summed E-state index contributed by atoms with van der Waals surface area (Å²) >= 11 is 0. The second kappa shape index (κ2) is 10.5. The number of amides is 3. The molecule has 0 unspecified atom stereocenters. The third-order valence-electron chi connectivity index (χ3n) is 4.25. The van der Waals surface area contributed by atoms with Crippen molar-refractivity contribution in [1.29, 1.82) is 0 Å². The van der Waals surface area contributed by atoms with Crippen LogP contribution in [-0.4, -0.2) is 49.1 Å². The van der Waals surface area contributed by atoms with Crippen LogP contribution in [0.1, 0.15) is 18.6 Å². The molecule has 0 radical (unpaired) electrons. The van der Waals surface area contributed by atoms with E-state index in [9.17, 15) is 19.1 Å². The molecule has 0 aromatic heterocycles. The van der Waals surface area contributed by atoms with Crippen molar-refractivity contribution >= 4 is 23.3 Å². The van der Waals surface area contributed by atoms with Crippen molar-refractivity contribution in [3.8, 4) is 0 Å². The summed E-state index contributed by atoms with van der Waals surface area (Å²) in [5, 5.41) is 18.4. The number of hydrogen-bond acceptors (Lipinski definition) is 4. The predicted octanol–water partition coefficient (Wildman–Crippen LogP) is 2.82. The van der Waals surface area contributed by atoms with Crippen LogP contribution in [0.3, 0.4) is 0 Å². The molecular formula is C21H27FN4O3. The average Bonchev–Trinajstić information content (AvgIpc) is 2.67. The lowest BCUT2D eigenvalue weighted by molar-refractivity contribution is -0.114. The molecule has 2 aromatic carbocycles. The maximum atomic E-state index is 13.7. The fraction of sp³-hybridized carbons (Fsp3) is 0.333. The maximum Gasteiger partial charge on any atom is 0.319 e. The van der Waals surface area contributed by atoms with Gasteiger partial charge in [-0.1, -0.05) is 30.3 Å². The summed E-state index contributed by atoms with van der Waals surface area (Å²) in [6.45, 7) is 2.08. The van der Waals surface area contributed by atoms with Crippen molar-refractivity contribution in [2.24, 2.45) is 5.92 Å². The molecule has 2 rings (SSSR count). The molecule has 8 heteroatoms. The predicted molar refractivity (Wildman–Crippen MR) is 111 cm³/mol. The Hall–Kier alpha value is -2.97. The largest absolute Gasteiger partial charge is 0.388 e. The van der Waals surface area contributed by atoms with Crippen molar-refractivity contribution in [2.45, 2.75) is 13.0 Å². The van der Waals surface area contributed by atoms with Gasteiger partial charge in [0.25, 0.3) is 0 Å². The SMILES string of the molecule is CC(=O)Nc1cc(NC(=O)NC[C@@H](CN(C)C)[C@H](O)c2ccccc2)ccc1F. The van der Waals surface area contributed by atoms with E-state index in [1.54, 1.807) is 0 Å². The van der Waals surface area contributed by atoms with E-state index in [1.807, 2.05) is 49.3 Å². The van der Waals surface area contributed by atoms with Crippen LogP contribution in [0.5, 0.6) is 0 Å². The van der Waals surface area contributed by atoms with E-state index in [4.69, 9.17) is 0 Å². The van der Waals surface area contributed by atoms with E-state index < -0.39 is 23.9 Å². The molecule has 4 N–H and O–H groups in total. The van der Waals surface area contributed by atoms with E-state index >= 15 is 0 Å². The average molecular weight is 402 g/mol. The molecule has 3 amide bonds. The van der Waals surface area contributed by atoms with E-state index in [0.717, 1.165) is 11.6 Å². The molecule has 0 bridgehead atoms. The lowest BCUT2D eigenvalue weighted by Gasteiger charge is -2.26. The minimum absolute atomic E-state index is 0.0136. The molecule has 0 saturated carbocycles. The fourth-order valence-electron chi connectivity index (χ4n) is 2.95. The number of hydrogen-bond donors (Lipinski definition) is 4. The molecule has 0 heterocycles. The zero-order chi connectivity index (χ0) is 21.4. The van der Waals surface area contributed by atoms with Gasteiger partial charge in [-0.15, -0.1) is 0 Å². The quantitative estimate of drug-likeness (QED) is 0.546. The van der Waals surface area contributed by atoms with E-state index in [0.29, 0.717) is 12.2 Å². The molecule has 7 nitrogen and oxygen atoms in total. The van der Waals surface area contributed by atoms with Crippen LogP contribution in [0.25, 0.3) is 0 Å². The van der Waals surface area contributed by atoms with Gasteiger partial charge in [-0.05, 0) is 37.9 Å². The molecule has 0 spiro atoms. The number of aliphatic hydroxyl groups excluding tert-OH is 1. The number of carbonyl (C=O) groups is 2. The molecular weight excluding hydrogens is 375 g/mol. The standard InChI is InChI=1S/C21H27FN4O3/c1-14(27)24-19-11-17(9-10-18(19)22)25-21(29)23-12-16(13-26(2)3)20(28)15-7-5-4-6-8-15/h4-11,16,20,28H,12-13H2,1-3H3,(H,24,27)(H2,23,25,29)/t16-,20+/m0/s1. The third-order valence-corrected chi connectivity index (χ3v) is 4.25. The van der Waals surface area contributed by atoms with Gasteiger partial charge in [0.15, 0.2) is 0 Å². The summed E-state index contributed by atoms with van der Waals surface area (Å²) in [6, 6.07) is 12.7. The minimum Gasteiger partial charge on any atom is -0.388 e. The molecule has 0 fully saturated rings. The number of carbonyl (C=O) groups excluding carboxylic acids is 2. The number of aliphatic hydroxyl groups is 1. The summed E-state index contributed by atoms with van der Waals surface area (Å²) in [6.07, 6.45) is -0.740. The summed E-state index contributed by atoms with van der Waals surface area (Å²) in [5.41, 5.74) is 1.10. The van der Waals surface area contributed by atoms with Gasteiger partial charge in [-0.2, -0.15) is 0 Å². The number of nitrogens with one attached hydrogen (secondary N) is 3. The van der Waals surface area contributed by atoms with E-state index in [1.165, 1.54) is 19.1 Å². The first-order chi connectivity index (χ1) is 13.8. The Morgan fingerprint density at radius 2 is 1.79 bits per heavy atom. The van der Waals surface area contributed by atoms with Gasteiger partial charge >= 0.3 is 6.03 Å². The van der Waals surface area contributed by atoms with Crippen molar-refractivity contribution in [1.82, 2.24) is 10.2 Å². The second-order valence-corrected chi connectivity index (χ2v) is 7.09. The number of halogens is 1. The van der Waals surface area contributed by atoms with Crippen LogP contribution < -0.4 is 16.0 Å². The molecule has 2 aromatic rings. The third kappa shape index (κ3) is 7.17. The zero-order valence-electron chi connectivity index (χ0n) is 16.8. The maximum absolute atomic E-state index is 13.7. The van der Waals surface area contributed by atoms with Gasteiger partial charge in [-0.25, -0.2) is 9.18 Å². The Labute approximate surface area is 169 Å². The van der Waals surface area contributed by atoms with Gasteiger partial charge in [0.1, 0.15) is 5.82 Å². The molecule has 0 aliphatic rings. The number of anilines is 2. The van der Waals surface area contributed by atoms with Crippen LogP contribution in [0.15, 0.2) is 48.5 Å². The van der Waals surface area contributed by atoms with Gasteiger partial charge in [0.2, 0.25) is 5.91 Å². The molecule has 2 atom stereocenters. The normalized spacial score (nSPS) is 12.9. The number of urea groups is 1. The molecule has 29 heavy (non-hydrogen) atoms. The molecule has 156 valence electrons. The van der Waals surface area contributed by atoms with Crippen molar-refractivity contribution in [3.63, 3.8) is 0 Å². The molecule has 0 aliphatic carbocycles. The van der Waals surface area contributed by atoms with Crippen LogP contribution in [0.4, 0.5) is 20.6 Å². The highest BCUT2D eigenvalue weighted by atomic mass is 19.1. The first kappa shape index (κ1) is 22.3. The van der Waals surface area contributed by atoms with Crippen molar-refractivity contribution in [3.05, 3.63) is 59.9 Å². The monoisotopic (exact) mass is 402 g/mol. The van der Waals surface area contributed by atoms with Crippen LogP contribution in [-0.2, 0) is 4.79 Å². The topological polar surface area (TPSA) is 93.7 Å². The summed E-state index contributed by atoms with van der Waals surface area (Å²) in [5.74, 6) is -1.24. The first-order valence-electron chi connectivity index (χ1n) is 9.26. The number of rotatable bonds is 8. The highest BCUT2D eigenvalue weighted by Crippen LogP contribution is 2.22. The zero-order valence-corrected chi connectivity index (χ0v) is 16.8. The minimum atomic E-state index is -0.740. The Morgan fingerprint density at radius 3 is 2.41 bits per heavy atom. The smallest absolute Gasteiger partial charge is 0.319 e. The van der Waals surface area contributed by atoms with Gasteiger partial charge in [0, 0.05) is 31.6 Å². The highest BCUT2D eigenvalue weighted by Gasteiger charge is 2.22. The Bertz CT molecular complexity index is 830. The molecule has 0 saturated heterocycles. The van der Waals surface area contributed by atoms with Crippen molar-refractivity contribution < 1.29 is 19.1 Å². The van der Waals surface area contributed by atoms with E-state index in [-0.39, 0.29) is 18.2 Å². The van der Waals surface area contributed by atoms with Crippen LogP contribution >= 0.6 is 0 Å². The summed E-state index contributed by atoms with van der Waals surface area (Å²) < 4.78 is 13.7. The highest BCUT2D eigenvalue weighted by molar-refractivity contribution is 5.92. The van der Waals surface area contributed by atoms with E-state index in [2.05, 4.69) is 16.0 Å². The Balaban J connectivity index is 2.00. The second-order valence-electron chi connectivity index (χ2n) is 7.09. The van der Waals surface area contributed by atoms with Crippen LogP contribution in [0, 0.1) is 11.7 Å². The first-order valence-corrected chi connectivity index (χ1v) is 9.26. The summed E-state index contributed by atoms with van der Waals surface area (Å²) in [4.78, 5) is 25.4. The lowest BCUT2D eigenvalue weighted by atomic mass is 9.95. The van der Waals surface area contributed by atoms with Gasteiger partial charge in [0.05, 0.1) is 11.8 Å². The fourth-order valence-corrected chi connectivity index (χ4v) is 2.95. The van der Waals surface area contributed by atoms with Gasteiger partial charge < -0.3 is 26.0 Å². The Morgan fingerprint density at radius 1 is 1.10 bits per heavy atom. The number of benzene rings is 2. The number of nitrogens with zero attached hydrogens (tertiary/aromatic N) is 1. The van der Waals surface area contributed by atoms with Crippen molar-refractivity contribution in [2.75, 3.05) is 37.8 Å². The lowest BCUT2D eigenvalue weighted by Crippen LogP contribution is -2.39. The molecule has 0 aliphatic heterocycles. The van der Waals surface area contributed by atoms with Crippen LogP contribution in [0.2, 0.25) is 0 Å². The van der Waals surface area contributed by atoms with Gasteiger partial charge in [-0.3, -0.25) is 4.79 Å². The summed E-state index contributed by atoms with van der Waals surface area (Å²) in [7, 11) is 3.79.